The van der Waals surface area contributed by atoms with E-state index in [0.29, 0.717) is 12.1 Å². The molecule has 0 heterocycles. The van der Waals surface area contributed by atoms with Gasteiger partial charge >= 0.3 is 0 Å². The zero-order valence-corrected chi connectivity index (χ0v) is 11.7. The standard InChI is InChI=1S/C11H15IN2O3/c1-2-9(5-6-15)13-10-4-3-8(12)7-11(10)14(16)17/h3-4,7,9,13,15H,2,5-6H2,1H3. The molecular formula is C11H15IN2O3. The van der Waals surface area contributed by atoms with Gasteiger partial charge in [-0.3, -0.25) is 10.1 Å². The average molecular weight is 350 g/mol. The number of nitrogens with one attached hydrogen (secondary N) is 1. The topological polar surface area (TPSA) is 75.4 Å². The first-order valence-corrected chi connectivity index (χ1v) is 6.47. The summed E-state index contributed by atoms with van der Waals surface area (Å²) in [5.74, 6) is 0. The van der Waals surface area contributed by atoms with E-state index in [1.807, 2.05) is 35.6 Å². The fraction of sp³-hybridized carbons (Fsp3) is 0.455. The number of nitrogens with zero attached hydrogens (tertiary/aromatic N) is 1. The van der Waals surface area contributed by atoms with E-state index in [9.17, 15) is 10.1 Å². The molecule has 1 rings (SSSR count). The van der Waals surface area contributed by atoms with Crippen LogP contribution in [-0.4, -0.2) is 22.7 Å². The monoisotopic (exact) mass is 350 g/mol. The lowest BCUT2D eigenvalue weighted by molar-refractivity contribution is -0.384. The van der Waals surface area contributed by atoms with Crippen molar-refractivity contribution >= 4 is 34.0 Å². The summed E-state index contributed by atoms with van der Waals surface area (Å²) in [4.78, 5) is 10.5. The van der Waals surface area contributed by atoms with E-state index in [0.717, 1.165) is 9.99 Å². The van der Waals surface area contributed by atoms with Crippen LogP contribution in [0.25, 0.3) is 0 Å². The minimum Gasteiger partial charge on any atom is -0.396 e. The molecule has 6 heteroatoms. The molecule has 17 heavy (non-hydrogen) atoms. The van der Waals surface area contributed by atoms with Crippen molar-refractivity contribution in [3.05, 3.63) is 31.9 Å². The number of benzene rings is 1. The predicted octanol–water partition coefficient (Wildman–Crippen LogP) is 2.77. The van der Waals surface area contributed by atoms with Crippen molar-refractivity contribution in [1.82, 2.24) is 0 Å². The summed E-state index contributed by atoms with van der Waals surface area (Å²) in [6.45, 7) is 2.05. The molecule has 0 aliphatic rings. The minimum absolute atomic E-state index is 0.0544. The van der Waals surface area contributed by atoms with E-state index in [4.69, 9.17) is 5.11 Å². The Morgan fingerprint density at radius 3 is 2.82 bits per heavy atom. The number of hydrogen-bond acceptors (Lipinski definition) is 4. The van der Waals surface area contributed by atoms with E-state index in [2.05, 4.69) is 5.32 Å². The summed E-state index contributed by atoms with van der Waals surface area (Å²) in [6.07, 6.45) is 1.39. The van der Waals surface area contributed by atoms with Gasteiger partial charge in [0.05, 0.1) is 4.92 Å². The summed E-state index contributed by atoms with van der Waals surface area (Å²) < 4.78 is 0.829. The number of aliphatic hydroxyl groups is 1. The number of rotatable bonds is 6. The summed E-state index contributed by atoms with van der Waals surface area (Å²) in [6, 6.07) is 5.12. The van der Waals surface area contributed by atoms with E-state index in [-0.39, 0.29) is 18.3 Å². The van der Waals surface area contributed by atoms with Crippen LogP contribution in [0.1, 0.15) is 19.8 Å². The van der Waals surface area contributed by atoms with Gasteiger partial charge in [0, 0.05) is 22.3 Å². The summed E-state index contributed by atoms with van der Waals surface area (Å²) in [5.41, 5.74) is 0.587. The molecule has 0 aromatic heterocycles. The van der Waals surface area contributed by atoms with Crippen molar-refractivity contribution < 1.29 is 10.0 Å². The molecule has 5 nitrogen and oxygen atoms in total. The molecular weight excluding hydrogens is 335 g/mol. The first kappa shape index (κ1) is 14.2. The highest BCUT2D eigenvalue weighted by atomic mass is 127. The molecule has 2 N–H and O–H groups in total. The minimum atomic E-state index is -0.393. The highest BCUT2D eigenvalue weighted by Crippen LogP contribution is 2.27. The van der Waals surface area contributed by atoms with Gasteiger partial charge in [-0.1, -0.05) is 6.92 Å². The Kier molecular flexibility index (Phi) is 5.63. The van der Waals surface area contributed by atoms with Gasteiger partial charge in [-0.05, 0) is 47.6 Å². The van der Waals surface area contributed by atoms with E-state index in [1.165, 1.54) is 6.07 Å². The van der Waals surface area contributed by atoms with Crippen molar-refractivity contribution in [1.29, 1.82) is 0 Å². The van der Waals surface area contributed by atoms with Gasteiger partial charge in [-0.2, -0.15) is 0 Å². The zero-order chi connectivity index (χ0) is 12.8. The molecule has 0 saturated heterocycles. The summed E-state index contributed by atoms with van der Waals surface area (Å²) >= 11 is 2.04. The van der Waals surface area contributed by atoms with Gasteiger partial charge in [0.15, 0.2) is 0 Å². The molecule has 0 aliphatic carbocycles. The number of nitro benzene ring substituents is 1. The first-order valence-electron chi connectivity index (χ1n) is 5.39. The van der Waals surface area contributed by atoms with Crippen LogP contribution >= 0.6 is 22.6 Å². The Labute approximate surface area is 114 Å². The van der Waals surface area contributed by atoms with Gasteiger partial charge in [0.25, 0.3) is 5.69 Å². The second-order valence-corrected chi connectivity index (χ2v) is 4.93. The van der Waals surface area contributed by atoms with E-state index in [1.54, 1.807) is 6.07 Å². The van der Waals surface area contributed by atoms with Crippen LogP contribution in [-0.2, 0) is 0 Å². The molecule has 1 aromatic rings. The quantitative estimate of drug-likeness (QED) is 0.470. The highest BCUT2D eigenvalue weighted by molar-refractivity contribution is 14.1. The lowest BCUT2D eigenvalue weighted by atomic mass is 10.1. The lowest BCUT2D eigenvalue weighted by Crippen LogP contribution is -2.20. The van der Waals surface area contributed by atoms with Crippen molar-refractivity contribution in [3.8, 4) is 0 Å². The van der Waals surface area contributed by atoms with E-state index >= 15 is 0 Å². The Morgan fingerprint density at radius 2 is 2.29 bits per heavy atom. The maximum atomic E-state index is 10.9. The molecule has 94 valence electrons. The molecule has 0 radical (unpaired) electrons. The Balaban J connectivity index is 2.92. The van der Waals surface area contributed by atoms with Gasteiger partial charge < -0.3 is 10.4 Å². The Morgan fingerprint density at radius 1 is 1.59 bits per heavy atom. The zero-order valence-electron chi connectivity index (χ0n) is 9.52. The number of anilines is 1. The summed E-state index contributed by atoms with van der Waals surface area (Å²) in [7, 11) is 0. The van der Waals surface area contributed by atoms with Gasteiger partial charge in [-0.25, -0.2) is 0 Å². The number of halogens is 1. The molecule has 0 spiro atoms. The van der Waals surface area contributed by atoms with Crippen molar-refractivity contribution in [3.63, 3.8) is 0 Å². The second-order valence-electron chi connectivity index (χ2n) is 3.68. The highest BCUT2D eigenvalue weighted by Gasteiger charge is 2.16. The molecule has 0 fully saturated rings. The normalized spacial score (nSPS) is 12.2. The third kappa shape index (κ3) is 4.12. The second kappa shape index (κ2) is 6.75. The van der Waals surface area contributed by atoms with Crippen LogP contribution < -0.4 is 5.32 Å². The molecule has 1 unspecified atom stereocenters. The number of nitro groups is 1. The smallest absolute Gasteiger partial charge is 0.293 e. The third-order valence-corrected chi connectivity index (χ3v) is 3.16. The van der Waals surface area contributed by atoms with Crippen LogP contribution in [0.4, 0.5) is 11.4 Å². The van der Waals surface area contributed by atoms with E-state index < -0.39 is 4.92 Å². The largest absolute Gasteiger partial charge is 0.396 e. The van der Waals surface area contributed by atoms with Crippen molar-refractivity contribution in [2.24, 2.45) is 0 Å². The van der Waals surface area contributed by atoms with Gasteiger partial charge in [-0.15, -0.1) is 0 Å². The average Bonchev–Trinajstić information content (AvgIpc) is 2.30. The lowest BCUT2D eigenvalue weighted by Gasteiger charge is -2.17. The molecule has 1 atom stereocenters. The van der Waals surface area contributed by atoms with Crippen LogP contribution in [0.2, 0.25) is 0 Å². The van der Waals surface area contributed by atoms with Crippen molar-refractivity contribution in [2.75, 3.05) is 11.9 Å². The van der Waals surface area contributed by atoms with Gasteiger partial charge in [0.1, 0.15) is 5.69 Å². The van der Waals surface area contributed by atoms with Crippen LogP contribution in [0, 0.1) is 13.7 Å². The van der Waals surface area contributed by atoms with Crippen molar-refractivity contribution in [2.45, 2.75) is 25.8 Å². The fourth-order valence-corrected chi connectivity index (χ4v) is 2.01. The van der Waals surface area contributed by atoms with Gasteiger partial charge in [0.2, 0.25) is 0 Å². The SMILES string of the molecule is CCC(CCO)Nc1ccc(I)cc1[N+](=O)[O-]. The molecule has 0 saturated carbocycles. The predicted molar refractivity (Wildman–Crippen MR) is 75.2 cm³/mol. The number of aliphatic hydroxyl groups excluding tert-OH is 1. The Hall–Kier alpha value is -0.890. The number of hydrogen-bond donors (Lipinski definition) is 2. The first-order chi connectivity index (χ1) is 8.08. The Bertz CT molecular complexity index is 398. The fourth-order valence-electron chi connectivity index (χ4n) is 1.53. The molecule has 0 amide bonds. The van der Waals surface area contributed by atoms with Crippen LogP contribution in [0.15, 0.2) is 18.2 Å². The van der Waals surface area contributed by atoms with Crippen LogP contribution in [0.3, 0.4) is 0 Å². The molecule has 0 aliphatic heterocycles. The third-order valence-electron chi connectivity index (χ3n) is 2.49. The maximum absolute atomic E-state index is 10.9. The molecule has 0 bridgehead atoms. The van der Waals surface area contributed by atoms with Crippen LogP contribution in [0.5, 0.6) is 0 Å². The maximum Gasteiger partial charge on any atom is 0.293 e. The molecule has 1 aromatic carbocycles. The summed E-state index contributed by atoms with van der Waals surface area (Å²) in [5, 5.41) is 22.9.